The Kier molecular flexibility index (Phi) is 6.58. The molecule has 1 aliphatic heterocycles. The van der Waals surface area contributed by atoms with E-state index in [1.54, 1.807) is 11.9 Å². The standard InChI is InChI=1S/C18H26N2O4S/c1-4-6-13-9-15(25-12(13)2)17(22)19(3)11-16(21)20-8-5-7-14(10-20)18(23)24/h9,14H,4-8,10-11H2,1-3H3,(H,23,24). The highest BCUT2D eigenvalue weighted by Crippen LogP contribution is 2.24. The number of carboxylic acids is 1. The van der Waals surface area contributed by atoms with Gasteiger partial charge in [-0.25, -0.2) is 0 Å². The van der Waals surface area contributed by atoms with Crippen molar-refractivity contribution in [3.05, 3.63) is 21.4 Å². The van der Waals surface area contributed by atoms with Crippen molar-refractivity contribution in [3.8, 4) is 0 Å². The Morgan fingerprint density at radius 3 is 2.76 bits per heavy atom. The second-order valence-corrected chi connectivity index (χ2v) is 7.88. The summed E-state index contributed by atoms with van der Waals surface area (Å²) in [6, 6.07) is 1.92. The molecule has 0 bridgehead atoms. The normalized spacial score (nSPS) is 17.4. The molecule has 7 heteroatoms. The van der Waals surface area contributed by atoms with Crippen LogP contribution in [-0.2, 0) is 16.0 Å². The molecular weight excluding hydrogens is 340 g/mol. The van der Waals surface area contributed by atoms with Crippen LogP contribution in [0.5, 0.6) is 0 Å². The Hall–Kier alpha value is -1.89. The minimum Gasteiger partial charge on any atom is -0.481 e. The van der Waals surface area contributed by atoms with Gasteiger partial charge in [-0.05, 0) is 37.8 Å². The fourth-order valence-corrected chi connectivity index (χ4v) is 4.18. The zero-order chi connectivity index (χ0) is 18.6. The van der Waals surface area contributed by atoms with Crippen molar-refractivity contribution >= 4 is 29.1 Å². The third kappa shape index (κ3) is 4.81. The summed E-state index contributed by atoms with van der Waals surface area (Å²) in [5.41, 5.74) is 1.19. The molecule has 1 fully saturated rings. The van der Waals surface area contributed by atoms with Crippen LogP contribution in [0.25, 0.3) is 0 Å². The first-order chi connectivity index (χ1) is 11.8. The Morgan fingerprint density at radius 1 is 1.40 bits per heavy atom. The van der Waals surface area contributed by atoms with Gasteiger partial charge in [0.25, 0.3) is 5.91 Å². The van der Waals surface area contributed by atoms with Gasteiger partial charge < -0.3 is 14.9 Å². The van der Waals surface area contributed by atoms with Crippen LogP contribution in [0.2, 0.25) is 0 Å². The summed E-state index contributed by atoms with van der Waals surface area (Å²) in [5.74, 6) is -1.71. The number of amides is 2. The number of hydrogen-bond donors (Lipinski definition) is 1. The van der Waals surface area contributed by atoms with Gasteiger partial charge in [0.15, 0.2) is 0 Å². The van der Waals surface area contributed by atoms with Crippen molar-refractivity contribution in [2.24, 2.45) is 5.92 Å². The predicted octanol–water partition coefficient (Wildman–Crippen LogP) is 2.40. The lowest BCUT2D eigenvalue weighted by atomic mass is 9.98. The molecule has 0 saturated carbocycles. The number of thiophene rings is 1. The first-order valence-electron chi connectivity index (χ1n) is 8.68. The van der Waals surface area contributed by atoms with Crippen LogP contribution < -0.4 is 0 Å². The lowest BCUT2D eigenvalue weighted by molar-refractivity contribution is -0.145. The molecule has 2 heterocycles. The van der Waals surface area contributed by atoms with E-state index in [1.165, 1.54) is 21.8 Å². The van der Waals surface area contributed by atoms with Crippen molar-refractivity contribution in [3.63, 3.8) is 0 Å². The third-order valence-corrected chi connectivity index (χ3v) is 5.67. The molecule has 0 aliphatic carbocycles. The van der Waals surface area contributed by atoms with Gasteiger partial charge in [0.1, 0.15) is 0 Å². The fourth-order valence-electron chi connectivity index (χ4n) is 3.11. The Balaban J connectivity index is 1.97. The largest absolute Gasteiger partial charge is 0.481 e. The van der Waals surface area contributed by atoms with Crippen LogP contribution >= 0.6 is 11.3 Å². The van der Waals surface area contributed by atoms with Crippen LogP contribution in [0.15, 0.2) is 6.07 Å². The number of likely N-dealkylation sites (N-methyl/N-ethyl adjacent to an activating group) is 1. The summed E-state index contributed by atoms with van der Waals surface area (Å²) in [5, 5.41) is 9.13. The average molecular weight is 366 g/mol. The maximum atomic E-state index is 12.6. The Morgan fingerprint density at radius 2 is 2.12 bits per heavy atom. The number of nitrogens with zero attached hydrogens (tertiary/aromatic N) is 2. The summed E-state index contributed by atoms with van der Waals surface area (Å²) in [6.45, 7) is 4.88. The number of carbonyl (C=O) groups excluding carboxylic acids is 2. The number of aryl methyl sites for hydroxylation is 2. The second-order valence-electron chi connectivity index (χ2n) is 6.62. The third-order valence-electron chi connectivity index (χ3n) is 4.59. The molecule has 1 atom stereocenters. The molecule has 1 aromatic rings. The number of rotatable bonds is 6. The topological polar surface area (TPSA) is 77.9 Å². The number of carbonyl (C=O) groups is 3. The van der Waals surface area contributed by atoms with E-state index in [9.17, 15) is 14.4 Å². The summed E-state index contributed by atoms with van der Waals surface area (Å²) in [6.07, 6.45) is 3.26. The van der Waals surface area contributed by atoms with E-state index in [1.807, 2.05) is 13.0 Å². The SMILES string of the molecule is CCCc1cc(C(=O)N(C)CC(=O)N2CCCC(C(=O)O)C2)sc1C. The molecule has 1 N–H and O–H groups in total. The van der Waals surface area contributed by atoms with Gasteiger partial charge in [0.05, 0.1) is 17.3 Å². The molecular formula is C18H26N2O4S. The fraction of sp³-hybridized carbons (Fsp3) is 0.611. The molecule has 0 aromatic carbocycles. The zero-order valence-electron chi connectivity index (χ0n) is 15.1. The number of likely N-dealkylation sites (tertiary alicyclic amines) is 1. The molecule has 2 amide bonds. The maximum Gasteiger partial charge on any atom is 0.308 e. The highest BCUT2D eigenvalue weighted by atomic mass is 32.1. The smallest absolute Gasteiger partial charge is 0.308 e. The van der Waals surface area contributed by atoms with Crippen LogP contribution in [0, 0.1) is 12.8 Å². The summed E-state index contributed by atoms with van der Waals surface area (Å²) < 4.78 is 0. The first kappa shape index (κ1) is 19.4. The lowest BCUT2D eigenvalue weighted by Gasteiger charge is -2.31. The zero-order valence-corrected chi connectivity index (χ0v) is 15.9. The predicted molar refractivity (Wildman–Crippen MR) is 97.0 cm³/mol. The van der Waals surface area contributed by atoms with Gasteiger partial charge in [-0.3, -0.25) is 14.4 Å². The van der Waals surface area contributed by atoms with Gasteiger partial charge in [0.2, 0.25) is 5.91 Å². The van der Waals surface area contributed by atoms with Crippen LogP contribution in [0.1, 0.15) is 46.3 Å². The minimum atomic E-state index is -0.862. The molecule has 1 aromatic heterocycles. The molecule has 0 radical (unpaired) electrons. The van der Waals surface area contributed by atoms with Crippen molar-refractivity contribution in [1.82, 2.24) is 9.80 Å². The van der Waals surface area contributed by atoms with Gasteiger partial charge in [0, 0.05) is 25.0 Å². The van der Waals surface area contributed by atoms with Crippen LogP contribution in [0.4, 0.5) is 0 Å². The number of piperidine rings is 1. The highest BCUT2D eigenvalue weighted by Gasteiger charge is 2.29. The molecule has 1 aliphatic rings. The number of hydrogen-bond acceptors (Lipinski definition) is 4. The molecule has 1 unspecified atom stereocenters. The van der Waals surface area contributed by atoms with Gasteiger partial charge in [-0.1, -0.05) is 13.3 Å². The van der Waals surface area contributed by atoms with E-state index in [0.29, 0.717) is 24.3 Å². The quantitative estimate of drug-likeness (QED) is 0.839. The van der Waals surface area contributed by atoms with Crippen LogP contribution in [-0.4, -0.2) is 59.4 Å². The molecule has 1 saturated heterocycles. The monoisotopic (exact) mass is 366 g/mol. The van der Waals surface area contributed by atoms with E-state index in [0.717, 1.165) is 17.7 Å². The summed E-state index contributed by atoms with van der Waals surface area (Å²) in [7, 11) is 1.62. The highest BCUT2D eigenvalue weighted by molar-refractivity contribution is 7.14. The van der Waals surface area contributed by atoms with Crippen LogP contribution in [0.3, 0.4) is 0 Å². The average Bonchev–Trinajstić information content (AvgIpc) is 2.95. The number of carboxylic acid groups (broad SMARTS) is 1. The molecule has 6 nitrogen and oxygen atoms in total. The molecule has 138 valence electrons. The maximum absolute atomic E-state index is 12.6. The number of aliphatic carboxylic acids is 1. The Labute approximate surface area is 152 Å². The van der Waals surface area contributed by atoms with Gasteiger partial charge >= 0.3 is 5.97 Å². The van der Waals surface area contributed by atoms with E-state index in [-0.39, 0.29) is 24.9 Å². The summed E-state index contributed by atoms with van der Waals surface area (Å²) in [4.78, 5) is 40.9. The second kappa shape index (κ2) is 8.47. The van der Waals surface area contributed by atoms with Crippen molar-refractivity contribution in [2.45, 2.75) is 39.5 Å². The Bertz CT molecular complexity index is 656. The lowest BCUT2D eigenvalue weighted by Crippen LogP contribution is -2.46. The van der Waals surface area contributed by atoms with Gasteiger partial charge in [-0.15, -0.1) is 11.3 Å². The van der Waals surface area contributed by atoms with E-state index in [2.05, 4.69) is 6.92 Å². The molecule has 2 rings (SSSR count). The molecule has 25 heavy (non-hydrogen) atoms. The van der Waals surface area contributed by atoms with Crippen molar-refractivity contribution in [2.75, 3.05) is 26.7 Å². The van der Waals surface area contributed by atoms with E-state index in [4.69, 9.17) is 5.11 Å². The summed E-state index contributed by atoms with van der Waals surface area (Å²) >= 11 is 1.46. The van der Waals surface area contributed by atoms with E-state index < -0.39 is 11.9 Å². The molecule has 0 spiro atoms. The van der Waals surface area contributed by atoms with E-state index >= 15 is 0 Å². The van der Waals surface area contributed by atoms with Gasteiger partial charge in [-0.2, -0.15) is 0 Å². The minimum absolute atomic E-state index is 0.0226. The first-order valence-corrected chi connectivity index (χ1v) is 9.50. The van der Waals surface area contributed by atoms with Crippen molar-refractivity contribution in [1.29, 1.82) is 0 Å². The van der Waals surface area contributed by atoms with Crippen molar-refractivity contribution < 1.29 is 19.5 Å².